The third kappa shape index (κ3) is 3.15. The summed E-state index contributed by atoms with van der Waals surface area (Å²) in [5.41, 5.74) is 0.740. The first-order valence-corrected chi connectivity index (χ1v) is 9.67. The maximum atomic E-state index is 13.2. The topological polar surface area (TPSA) is 87.1 Å². The van der Waals surface area contributed by atoms with Crippen LogP contribution >= 0.6 is 11.3 Å². The number of hydrogen-bond donors (Lipinski definition) is 2. The highest BCUT2D eigenvalue weighted by Crippen LogP contribution is 2.45. The Morgan fingerprint density at radius 2 is 1.86 bits per heavy atom. The Labute approximate surface area is 170 Å². The molecule has 0 fully saturated rings. The molecule has 2 heterocycles. The SMILES string of the molecule is COc1cccc(C2C(C(=O)c3cccs3)=C(O)C(=O)N2c2ccccc2O)c1. The summed E-state index contributed by atoms with van der Waals surface area (Å²) in [6, 6.07) is 15.7. The van der Waals surface area contributed by atoms with Gasteiger partial charge < -0.3 is 14.9 Å². The molecule has 2 aromatic carbocycles. The van der Waals surface area contributed by atoms with E-state index in [4.69, 9.17) is 4.74 Å². The largest absolute Gasteiger partial charge is 0.506 e. The number of Topliss-reactive ketones (excluding diaryl/α,β-unsaturated/α-hetero) is 1. The number of aromatic hydroxyl groups is 1. The van der Waals surface area contributed by atoms with E-state index in [9.17, 15) is 19.8 Å². The number of rotatable bonds is 5. The molecule has 0 aliphatic carbocycles. The molecule has 0 bridgehead atoms. The Morgan fingerprint density at radius 3 is 2.55 bits per heavy atom. The Balaban J connectivity index is 1.92. The van der Waals surface area contributed by atoms with Crippen molar-refractivity contribution in [2.75, 3.05) is 12.0 Å². The monoisotopic (exact) mass is 407 g/mol. The minimum atomic E-state index is -0.916. The van der Waals surface area contributed by atoms with Crippen molar-refractivity contribution in [2.45, 2.75) is 6.04 Å². The number of methoxy groups -OCH3 is 1. The number of carbonyl (C=O) groups is 2. The van der Waals surface area contributed by atoms with Crippen LogP contribution in [-0.4, -0.2) is 29.0 Å². The molecule has 0 radical (unpaired) electrons. The van der Waals surface area contributed by atoms with Gasteiger partial charge in [-0.2, -0.15) is 0 Å². The van der Waals surface area contributed by atoms with E-state index < -0.39 is 23.5 Å². The van der Waals surface area contributed by atoms with Crippen molar-refractivity contribution in [2.24, 2.45) is 0 Å². The van der Waals surface area contributed by atoms with Gasteiger partial charge in [0.1, 0.15) is 11.5 Å². The molecule has 6 nitrogen and oxygen atoms in total. The van der Waals surface area contributed by atoms with Crippen LogP contribution in [0.1, 0.15) is 21.3 Å². The summed E-state index contributed by atoms with van der Waals surface area (Å²) in [7, 11) is 1.52. The zero-order valence-corrected chi connectivity index (χ0v) is 16.2. The molecule has 0 spiro atoms. The minimum absolute atomic E-state index is 0.0334. The van der Waals surface area contributed by atoms with Crippen LogP contribution in [-0.2, 0) is 4.79 Å². The second kappa shape index (κ2) is 7.44. The number of thiophene rings is 1. The smallest absolute Gasteiger partial charge is 0.294 e. The maximum absolute atomic E-state index is 13.2. The predicted octanol–water partition coefficient (Wildman–Crippen LogP) is 4.25. The first-order valence-electron chi connectivity index (χ1n) is 8.79. The van der Waals surface area contributed by atoms with Gasteiger partial charge in [-0.05, 0) is 41.3 Å². The summed E-state index contributed by atoms with van der Waals surface area (Å²) in [5.74, 6) is -1.40. The molecular formula is C22H17NO5S. The lowest BCUT2D eigenvalue weighted by Crippen LogP contribution is -2.31. The van der Waals surface area contributed by atoms with Gasteiger partial charge in [-0.1, -0.05) is 30.3 Å². The van der Waals surface area contributed by atoms with Crippen molar-refractivity contribution >= 4 is 28.7 Å². The third-order valence-electron chi connectivity index (χ3n) is 4.75. The van der Waals surface area contributed by atoms with Crippen LogP contribution in [0, 0.1) is 0 Å². The van der Waals surface area contributed by atoms with Gasteiger partial charge in [0, 0.05) is 0 Å². The molecule has 1 aromatic heterocycles. The molecule has 146 valence electrons. The summed E-state index contributed by atoms with van der Waals surface area (Å²) >= 11 is 1.23. The molecule has 7 heteroatoms. The molecule has 2 N–H and O–H groups in total. The molecule has 1 aliphatic heterocycles. The molecule has 29 heavy (non-hydrogen) atoms. The van der Waals surface area contributed by atoms with Gasteiger partial charge in [0.15, 0.2) is 5.76 Å². The van der Waals surface area contributed by atoms with Gasteiger partial charge in [-0.15, -0.1) is 11.3 Å². The number of phenolic OH excluding ortho intramolecular Hbond substituents is 1. The number of ether oxygens (including phenoxy) is 1. The first-order chi connectivity index (χ1) is 14.0. The fourth-order valence-electron chi connectivity index (χ4n) is 3.42. The van der Waals surface area contributed by atoms with Crippen LogP contribution in [0.2, 0.25) is 0 Å². The Morgan fingerprint density at radius 1 is 1.07 bits per heavy atom. The number of nitrogens with zero attached hydrogens (tertiary/aromatic N) is 1. The minimum Gasteiger partial charge on any atom is -0.506 e. The number of aliphatic hydroxyl groups excluding tert-OH is 1. The Hall–Kier alpha value is -3.58. The van der Waals surface area contributed by atoms with E-state index in [1.54, 1.807) is 60.0 Å². The van der Waals surface area contributed by atoms with Crippen molar-refractivity contribution < 1.29 is 24.5 Å². The van der Waals surface area contributed by atoms with E-state index >= 15 is 0 Å². The van der Waals surface area contributed by atoms with E-state index in [1.165, 1.54) is 29.4 Å². The van der Waals surface area contributed by atoms with Crippen molar-refractivity contribution in [3.8, 4) is 11.5 Å². The number of para-hydroxylation sites is 2. The third-order valence-corrected chi connectivity index (χ3v) is 5.62. The molecule has 0 saturated carbocycles. The lowest BCUT2D eigenvalue weighted by Gasteiger charge is -2.27. The maximum Gasteiger partial charge on any atom is 0.294 e. The van der Waals surface area contributed by atoms with E-state index in [0.29, 0.717) is 16.2 Å². The van der Waals surface area contributed by atoms with Crippen molar-refractivity contribution in [1.82, 2.24) is 0 Å². The zero-order chi connectivity index (χ0) is 20.5. The quantitative estimate of drug-likeness (QED) is 0.618. The van der Waals surface area contributed by atoms with E-state index in [0.717, 1.165) is 0 Å². The fraction of sp³-hybridized carbons (Fsp3) is 0.0909. The molecule has 1 unspecified atom stereocenters. The van der Waals surface area contributed by atoms with Crippen LogP contribution < -0.4 is 9.64 Å². The molecule has 1 aliphatic rings. The average Bonchev–Trinajstić information content (AvgIpc) is 3.36. The van der Waals surface area contributed by atoms with Crippen LogP contribution in [0.3, 0.4) is 0 Å². The number of benzene rings is 2. The van der Waals surface area contributed by atoms with Gasteiger partial charge >= 0.3 is 0 Å². The highest BCUT2D eigenvalue weighted by Gasteiger charge is 2.45. The Kier molecular flexibility index (Phi) is 4.82. The van der Waals surface area contributed by atoms with Gasteiger partial charge in [0.25, 0.3) is 5.91 Å². The predicted molar refractivity (Wildman–Crippen MR) is 110 cm³/mol. The number of carbonyl (C=O) groups excluding carboxylic acids is 2. The number of ketones is 1. The van der Waals surface area contributed by atoms with Crippen LogP contribution in [0.15, 0.2) is 77.4 Å². The number of amides is 1. The first kappa shape index (κ1) is 18.8. The summed E-state index contributed by atoms with van der Waals surface area (Å²) in [6.45, 7) is 0. The molecular weight excluding hydrogens is 390 g/mol. The van der Waals surface area contributed by atoms with Gasteiger partial charge in [-0.25, -0.2) is 0 Å². The zero-order valence-electron chi connectivity index (χ0n) is 15.4. The summed E-state index contributed by atoms with van der Waals surface area (Å²) in [4.78, 5) is 27.8. The number of anilines is 1. The number of aliphatic hydroxyl groups is 1. The van der Waals surface area contributed by atoms with E-state index in [1.807, 2.05) is 0 Å². The highest BCUT2D eigenvalue weighted by atomic mass is 32.1. The lowest BCUT2D eigenvalue weighted by molar-refractivity contribution is -0.117. The molecule has 1 atom stereocenters. The summed E-state index contributed by atoms with van der Waals surface area (Å²) in [5, 5.41) is 22.8. The van der Waals surface area contributed by atoms with Crippen molar-refractivity contribution in [3.05, 3.63) is 87.8 Å². The Bertz CT molecular complexity index is 1120. The van der Waals surface area contributed by atoms with Crippen LogP contribution in [0.5, 0.6) is 11.5 Å². The van der Waals surface area contributed by atoms with E-state index in [-0.39, 0.29) is 17.0 Å². The van der Waals surface area contributed by atoms with Crippen molar-refractivity contribution in [3.63, 3.8) is 0 Å². The van der Waals surface area contributed by atoms with Crippen molar-refractivity contribution in [1.29, 1.82) is 0 Å². The molecule has 3 aromatic rings. The van der Waals surface area contributed by atoms with Gasteiger partial charge in [0.05, 0.1) is 29.3 Å². The average molecular weight is 407 g/mol. The number of phenols is 1. The highest BCUT2D eigenvalue weighted by molar-refractivity contribution is 7.12. The molecule has 0 saturated heterocycles. The van der Waals surface area contributed by atoms with E-state index in [2.05, 4.69) is 0 Å². The standard InChI is InChI=1S/C22H17NO5S/c1-28-14-7-4-6-13(12-14)19-18(20(25)17-10-5-11-29-17)21(26)22(27)23(19)15-8-2-3-9-16(15)24/h2-12,19,24,26H,1H3. The molecule has 4 rings (SSSR count). The summed E-state index contributed by atoms with van der Waals surface area (Å²) in [6.07, 6.45) is 0. The normalized spacial score (nSPS) is 16.4. The van der Waals surface area contributed by atoms with Gasteiger partial charge in [0.2, 0.25) is 5.78 Å². The number of hydrogen-bond acceptors (Lipinski definition) is 6. The van der Waals surface area contributed by atoms with Gasteiger partial charge in [-0.3, -0.25) is 14.5 Å². The second-order valence-electron chi connectivity index (χ2n) is 6.41. The fourth-order valence-corrected chi connectivity index (χ4v) is 4.10. The second-order valence-corrected chi connectivity index (χ2v) is 7.36. The van der Waals surface area contributed by atoms with Crippen LogP contribution in [0.4, 0.5) is 5.69 Å². The van der Waals surface area contributed by atoms with Crippen LogP contribution in [0.25, 0.3) is 0 Å². The summed E-state index contributed by atoms with van der Waals surface area (Å²) < 4.78 is 5.29. The lowest BCUT2D eigenvalue weighted by atomic mass is 9.95. The molecule has 1 amide bonds.